The summed E-state index contributed by atoms with van der Waals surface area (Å²) in [5, 5.41) is 3.82. The maximum Gasteiger partial charge on any atom is 0.261 e. The molecule has 0 saturated carbocycles. The van der Waals surface area contributed by atoms with Crippen LogP contribution in [0.25, 0.3) is 10.9 Å². The number of hydrogen-bond donors (Lipinski definition) is 1. The highest BCUT2D eigenvalue weighted by molar-refractivity contribution is 9.10. The van der Waals surface area contributed by atoms with Gasteiger partial charge < -0.3 is 10.2 Å². The summed E-state index contributed by atoms with van der Waals surface area (Å²) in [5.41, 5.74) is 0.550. The Morgan fingerprint density at radius 2 is 2.25 bits per heavy atom. The minimum Gasteiger partial charge on any atom is -0.337 e. The van der Waals surface area contributed by atoms with Gasteiger partial charge in [-0.3, -0.25) is 14.2 Å². The molecular formula is C16H20BrClN4O2. The average Bonchev–Trinajstić information content (AvgIpc) is 2.55. The molecule has 8 heteroatoms. The molecule has 1 aliphatic rings. The highest BCUT2D eigenvalue weighted by atomic mass is 79.9. The monoisotopic (exact) mass is 414 g/mol. The fourth-order valence-corrected chi connectivity index (χ4v) is 3.22. The Morgan fingerprint density at radius 3 is 3.00 bits per heavy atom. The van der Waals surface area contributed by atoms with E-state index in [2.05, 4.69) is 26.2 Å². The Morgan fingerprint density at radius 1 is 1.46 bits per heavy atom. The van der Waals surface area contributed by atoms with Gasteiger partial charge in [0.15, 0.2) is 0 Å². The van der Waals surface area contributed by atoms with Crippen molar-refractivity contribution in [2.24, 2.45) is 0 Å². The summed E-state index contributed by atoms with van der Waals surface area (Å²) in [6.07, 6.45) is 1.83. The molecule has 1 atom stereocenters. The standard InChI is InChI=1S/C16H19BrN4O2.ClH/c1-11-9-18-5-7-21(11)15(22)4-6-20-10-19-14-3-2-12(17)8-13(14)16(20)23;/h2-3,8,10-11,18H,4-7,9H2,1H3;1H/t11-;/m0./s1. The Balaban J connectivity index is 0.00000208. The number of halogens is 2. The van der Waals surface area contributed by atoms with Crippen molar-refractivity contribution in [2.45, 2.75) is 25.9 Å². The minimum atomic E-state index is -0.113. The van der Waals surface area contributed by atoms with Crippen LogP contribution in [0.4, 0.5) is 0 Å². The van der Waals surface area contributed by atoms with Crippen LogP contribution >= 0.6 is 28.3 Å². The second kappa shape index (κ2) is 8.09. The van der Waals surface area contributed by atoms with Crippen LogP contribution < -0.4 is 10.9 Å². The van der Waals surface area contributed by atoms with E-state index in [4.69, 9.17) is 0 Å². The van der Waals surface area contributed by atoms with Crippen LogP contribution in [0.5, 0.6) is 0 Å². The zero-order valence-corrected chi connectivity index (χ0v) is 15.8. The molecule has 3 rings (SSSR count). The number of benzene rings is 1. The second-order valence-corrected chi connectivity index (χ2v) is 6.71. The largest absolute Gasteiger partial charge is 0.337 e. The normalized spacial score (nSPS) is 17.6. The summed E-state index contributed by atoms with van der Waals surface area (Å²) >= 11 is 3.37. The first kappa shape index (κ1) is 18.9. The molecule has 1 fully saturated rings. The molecule has 1 N–H and O–H groups in total. The van der Waals surface area contributed by atoms with E-state index in [0.29, 0.717) is 23.9 Å². The Labute approximate surface area is 154 Å². The first-order chi connectivity index (χ1) is 11.1. The highest BCUT2D eigenvalue weighted by Gasteiger charge is 2.22. The summed E-state index contributed by atoms with van der Waals surface area (Å²) in [4.78, 5) is 31.0. The Bertz CT molecular complexity index is 795. The minimum absolute atomic E-state index is 0. The van der Waals surface area contributed by atoms with Gasteiger partial charge in [0.1, 0.15) is 0 Å². The van der Waals surface area contributed by atoms with E-state index >= 15 is 0 Å². The van der Waals surface area contributed by atoms with E-state index in [1.807, 2.05) is 17.9 Å². The van der Waals surface area contributed by atoms with Crippen LogP contribution in [0.3, 0.4) is 0 Å². The molecule has 2 heterocycles. The van der Waals surface area contributed by atoms with Gasteiger partial charge in [0.2, 0.25) is 5.91 Å². The van der Waals surface area contributed by atoms with Gasteiger partial charge in [-0.25, -0.2) is 4.98 Å². The van der Waals surface area contributed by atoms with E-state index in [9.17, 15) is 9.59 Å². The number of carbonyl (C=O) groups excluding carboxylic acids is 1. The van der Waals surface area contributed by atoms with Crippen molar-refractivity contribution in [1.82, 2.24) is 19.8 Å². The fraction of sp³-hybridized carbons (Fsp3) is 0.438. The lowest BCUT2D eigenvalue weighted by atomic mass is 10.2. The molecule has 1 aromatic carbocycles. The molecule has 0 radical (unpaired) electrons. The van der Waals surface area contributed by atoms with Crippen molar-refractivity contribution in [1.29, 1.82) is 0 Å². The van der Waals surface area contributed by atoms with E-state index in [0.717, 1.165) is 24.1 Å². The van der Waals surface area contributed by atoms with Gasteiger partial charge in [-0.15, -0.1) is 12.4 Å². The average molecular weight is 416 g/mol. The first-order valence-corrected chi connectivity index (χ1v) is 8.50. The molecule has 0 aliphatic carbocycles. The lowest BCUT2D eigenvalue weighted by molar-refractivity contribution is -0.134. The van der Waals surface area contributed by atoms with Crippen LogP contribution in [0, 0.1) is 0 Å². The van der Waals surface area contributed by atoms with Gasteiger partial charge in [0, 0.05) is 43.1 Å². The molecule has 1 saturated heterocycles. The maximum atomic E-state index is 12.5. The summed E-state index contributed by atoms with van der Waals surface area (Å²) in [7, 11) is 0. The number of piperazine rings is 1. The molecular weight excluding hydrogens is 396 g/mol. The van der Waals surface area contributed by atoms with Crippen molar-refractivity contribution >= 4 is 45.1 Å². The topological polar surface area (TPSA) is 67.2 Å². The smallest absolute Gasteiger partial charge is 0.261 e. The number of amides is 1. The van der Waals surface area contributed by atoms with Crippen molar-refractivity contribution < 1.29 is 4.79 Å². The molecule has 1 amide bonds. The quantitative estimate of drug-likeness (QED) is 0.830. The molecule has 2 aromatic rings. The van der Waals surface area contributed by atoms with Gasteiger partial charge >= 0.3 is 0 Å². The molecule has 24 heavy (non-hydrogen) atoms. The van der Waals surface area contributed by atoms with Gasteiger partial charge in [-0.05, 0) is 25.1 Å². The van der Waals surface area contributed by atoms with Gasteiger partial charge in [0.05, 0.1) is 17.2 Å². The maximum absolute atomic E-state index is 12.5. The third-order valence-corrected chi connectivity index (χ3v) is 4.67. The highest BCUT2D eigenvalue weighted by Crippen LogP contribution is 2.15. The molecule has 0 bridgehead atoms. The first-order valence-electron chi connectivity index (χ1n) is 7.71. The van der Waals surface area contributed by atoms with E-state index in [1.54, 1.807) is 12.1 Å². The molecule has 1 aromatic heterocycles. The summed E-state index contributed by atoms with van der Waals surface area (Å²) in [6, 6.07) is 5.62. The number of nitrogens with one attached hydrogen (secondary N) is 1. The van der Waals surface area contributed by atoms with Crippen LogP contribution in [0.15, 0.2) is 33.8 Å². The van der Waals surface area contributed by atoms with Crippen LogP contribution in [0.2, 0.25) is 0 Å². The van der Waals surface area contributed by atoms with Crippen molar-refractivity contribution in [2.75, 3.05) is 19.6 Å². The Kier molecular flexibility index (Phi) is 6.37. The van der Waals surface area contributed by atoms with E-state index in [1.165, 1.54) is 10.9 Å². The number of hydrogen-bond acceptors (Lipinski definition) is 4. The van der Waals surface area contributed by atoms with E-state index < -0.39 is 0 Å². The third-order valence-electron chi connectivity index (χ3n) is 4.17. The van der Waals surface area contributed by atoms with Gasteiger partial charge in [0.25, 0.3) is 5.56 Å². The van der Waals surface area contributed by atoms with Crippen LogP contribution in [0.1, 0.15) is 13.3 Å². The third kappa shape index (κ3) is 3.96. The van der Waals surface area contributed by atoms with Crippen molar-refractivity contribution in [3.63, 3.8) is 0 Å². The molecule has 0 spiro atoms. The number of nitrogens with zero attached hydrogens (tertiary/aromatic N) is 3. The zero-order valence-electron chi connectivity index (χ0n) is 13.4. The van der Waals surface area contributed by atoms with Crippen molar-refractivity contribution in [3.8, 4) is 0 Å². The van der Waals surface area contributed by atoms with Crippen LogP contribution in [-0.2, 0) is 11.3 Å². The second-order valence-electron chi connectivity index (χ2n) is 5.79. The lowest BCUT2D eigenvalue weighted by Gasteiger charge is -2.34. The number of carbonyl (C=O) groups is 1. The zero-order chi connectivity index (χ0) is 16.4. The van der Waals surface area contributed by atoms with Crippen molar-refractivity contribution in [3.05, 3.63) is 39.4 Å². The van der Waals surface area contributed by atoms with E-state index in [-0.39, 0.29) is 29.9 Å². The lowest BCUT2D eigenvalue weighted by Crippen LogP contribution is -2.52. The summed E-state index contributed by atoms with van der Waals surface area (Å²) in [5.74, 6) is 0.0836. The fourth-order valence-electron chi connectivity index (χ4n) is 2.86. The van der Waals surface area contributed by atoms with Crippen LogP contribution in [-0.4, -0.2) is 46.0 Å². The number of rotatable bonds is 3. The predicted octanol–water partition coefficient (Wildman–Crippen LogP) is 1.79. The van der Waals surface area contributed by atoms with Gasteiger partial charge in [-0.2, -0.15) is 0 Å². The molecule has 1 aliphatic heterocycles. The SMILES string of the molecule is C[C@H]1CNCCN1C(=O)CCn1cnc2ccc(Br)cc2c1=O.Cl. The number of fused-ring (bicyclic) bond motifs is 1. The molecule has 130 valence electrons. The summed E-state index contributed by atoms with van der Waals surface area (Å²) < 4.78 is 2.35. The predicted molar refractivity (Wildman–Crippen MR) is 99.6 cm³/mol. The summed E-state index contributed by atoms with van der Waals surface area (Å²) in [6.45, 7) is 4.74. The molecule has 0 unspecified atom stereocenters. The van der Waals surface area contributed by atoms with Gasteiger partial charge in [-0.1, -0.05) is 15.9 Å². The number of aryl methyl sites for hydroxylation is 1. The Hall–Kier alpha value is -1.44. The number of aromatic nitrogens is 2. The molecule has 6 nitrogen and oxygen atoms in total.